The number of thiazole rings is 1. The van der Waals surface area contributed by atoms with Crippen molar-refractivity contribution in [3.05, 3.63) is 70.2 Å². The predicted molar refractivity (Wildman–Crippen MR) is 91.6 cm³/mol. The molecule has 6 heteroatoms. The quantitative estimate of drug-likeness (QED) is 0.583. The van der Waals surface area contributed by atoms with Crippen LogP contribution in [0.4, 0.5) is 13.2 Å². The molecule has 0 N–H and O–H groups in total. The van der Waals surface area contributed by atoms with Crippen molar-refractivity contribution in [1.82, 2.24) is 4.98 Å². The zero-order valence-corrected chi connectivity index (χ0v) is 14.5. The van der Waals surface area contributed by atoms with E-state index in [-0.39, 0.29) is 0 Å². The number of aromatic nitrogens is 1. The number of nitrogens with zero attached hydrogens (tertiary/aromatic N) is 1. The highest BCUT2D eigenvalue weighted by molar-refractivity contribution is 7.15. The monoisotopic (exact) mass is 362 g/mol. The second kappa shape index (κ2) is 6.88. The van der Waals surface area contributed by atoms with Crippen molar-refractivity contribution >= 4 is 11.3 Å². The van der Waals surface area contributed by atoms with Crippen molar-refractivity contribution in [2.24, 2.45) is 0 Å². The van der Waals surface area contributed by atoms with Gasteiger partial charge in [0.1, 0.15) is 17.4 Å². The predicted octanol–water partition coefficient (Wildman–Crippen LogP) is 5.82. The average Bonchev–Trinajstić information content (AvgIpc) is 2.93. The fourth-order valence-electron chi connectivity index (χ4n) is 2.27. The molecule has 0 aliphatic rings. The molecule has 2 nitrogen and oxygen atoms in total. The third-order valence-corrected chi connectivity index (χ3v) is 4.80. The van der Waals surface area contributed by atoms with Crippen molar-refractivity contribution in [3.8, 4) is 16.3 Å². The maximum Gasteiger partial charge on any atom is 0.416 e. The van der Waals surface area contributed by atoms with Crippen LogP contribution in [0, 0.1) is 19.9 Å². The van der Waals surface area contributed by atoms with Gasteiger partial charge in [0.15, 0.2) is 0 Å². The van der Waals surface area contributed by atoms with Gasteiger partial charge in [0.05, 0.1) is 16.1 Å². The number of aryl methyl sites for hydroxylation is 2. The minimum atomic E-state index is -4.33. The minimum Gasteiger partial charge on any atom is -0.487 e. The summed E-state index contributed by atoms with van der Waals surface area (Å²) in [5.74, 6) is 0.656. The third kappa shape index (κ3) is 4.20. The standard InChI is InChI=1S/C19H15F3NOS/c1-12-4-3-5-16(10-12)24-11-17-13(2)23-18(25-17)14-6-8-15(9-7-14)19(20,21)22/h3-9H,11H2,1-2H3. The van der Waals surface area contributed by atoms with Gasteiger partial charge < -0.3 is 4.74 Å². The van der Waals surface area contributed by atoms with Crippen LogP contribution in [0.5, 0.6) is 5.75 Å². The molecule has 0 aliphatic carbocycles. The van der Waals surface area contributed by atoms with Crippen LogP contribution in [-0.2, 0) is 12.8 Å². The molecule has 0 aliphatic heterocycles. The SMILES string of the molecule is Cc1[c]c(OCc2sc(-c3ccc(C(F)(F)F)cc3)nc2C)ccc1. The Balaban J connectivity index is 1.76. The van der Waals surface area contributed by atoms with E-state index in [4.69, 9.17) is 4.74 Å². The average molecular weight is 362 g/mol. The van der Waals surface area contributed by atoms with Crippen LogP contribution in [-0.4, -0.2) is 4.98 Å². The van der Waals surface area contributed by atoms with Crippen molar-refractivity contribution in [3.63, 3.8) is 0 Å². The lowest BCUT2D eigenvalue weighted by molar-refractivity contribution is -0.137. The molecule has 0 spiro atoms. The van der Waals surface area contributed by atoms with Gasteiger partial charge in [-0.3, -0.25) is 0 Å². The van der Waals surface area contributed by atoms with Crippen LogP contribution in [0.15, 0.2) is 42.5 Å². The van der Waals surface area contributed by atoms with Crippen LogP contribution >= 0.6 is 11.3 Å². The molecule has 2 aromatic carbocycles. The zero-order valence-electron chi connectivity index (χ0n) is 13.6. The molecule has 1 radical (unpaired) electrons. The normalized spacial score (nSPS) is 11.6. The van der Waals surface area contributed by atoms with Crippen LogP contribution in [0.1, 0.15) is 21.7 Å². The Labute approximate surface area is 147 Å². The first kappa shape index (κ1) is 17.5. The molecule has 3 aromatic rings. The zero-order chi connectivity index (χ0) is 18.0. The van der Waals surface area contributed by atoms with Gasteiger partial charge in [0.2, 0.25) is 0 Å². The number of alkyl halides is 3. The Bertz CT molecular complexity index is 869. The molecule has 129 valence electrons. The van der Waals surface area contributed by atoms with E-state index in [1.165, 1.54) is 23.5 Å². The lowest BCUT2D eigenvalue weighted by atomic mass is 10.1. The topological polar surface area (TPSA) is 22.1 Å². The van der Waals surface area contributed by atoms with Crippen molar-refractivity contribution in [2.75, 3.05) is 0 Å². The summed E-state index contributed by atoms with van der Waals surface area (Å²) in [5.41, 5.74) is 1.80. The molecule has 25 heavy (non-hydrogen) atoms. The van der Waals surface area contributed by atoms with Crippen LogP contribution < -0.4 is 4.74 Å². The molecule has 1 aromatic heterocycles. The van der Waals surface area contributed by atoms with Gasteiger partial charge in [-0.1, -0.05) is 24.3 Å². The van der Waals surface area contributed by atoms with E-state index in [2.05, 4.69) is 11.1 Å². The van der Waals surface area contributed by atoms with Gasteiger partial charge in [-0.05, 0) is 37.6 Å². The number of benzene rings is 2. The maximum absolute atomic E-state index is 12.6. The molecule has 0 fully saturated rings. The van der Waals surface area contributed by atoms with E-state index in [0.717, 1.165) is 28.3 Å². The Morgan fingerprint density at radius 3 is 2.44 bits per heavy atom. The first-order chi connectivity index (χ1) is 11.8. The first-order valence-electron chi connectivity index (χ1n) is 7.58. The summed E-state index contributed by atoms with van der Waals surface area (Å²) < 4.78 is 43.7. The highest BCUT2D eigenvalue weighted by Gasteiger charge is 2.30. The molecule has 0 bridgehead atoms. The van der Waals surface area contributed by atoms with E-state index in [1.807, 2.05) is 32.0 Å². The molecule has 0 saturated carbocycles. The fraction of sp³-hybridized carbons (Fsp3) is 0.211. The fourth-order valence-corrected chi connectivity index (χ4v) is 3.25. The Morgan fingerprint density at radius 2 is 1.80 bits per heavy atom. The largest absolute Gasteiger partial charge is 0.487 e. The molecule has 0 unspecified atom stereocenters. The van der Waals surface area contributed by atoms with Crippen molar-refractivity contribution in [1.29, 1.82) is 0 Å². The van der Waals surface area contributed by atoms with E-state index < -0.39 is 11.7 Å². The molecule has 0 atom stereocenters. The van der Waals surface area contributed by atoms with E-state index in [0.29, 0.717) is 22.9 Å². The highest BCUT2D eigenvalue weighted by atomic mass is 32.1. The van der Waals surface area contributed by atoms with E-state index in [9.17, 15) is 13.2 Å². The first-order valence-corrected chi connectivity index (χ1v) is 8.40. The highest BCUT2D eigenvalue weighted by Crippen LogP contribution is 2.33. The van der Waals surface area contributed by atoms with Gasteiger partial charge >= 0.3 is 6.18 Å². The number of rotatable bonds is 4. The Morgan fingerprint density at radius 1 is 1.08 bits per heavy atom. The van der Waals surface area contributed by atoms with Gasteiger partial charge in [0, 0.05) is 11.6 Å². The Hall–Kier alpha value is -2.34. The summed E-state index contributed by atoms with van der Waals surface area (Å²) in [6, 6.07) is 13.8. The minimum absolute atomic E-state index is 0.351. The second-order valence-electron chi connectivity index (χ2n) is 5.59. The summed E-state index contributed by atoms with van der Waals surface area (Å²) in [4.78, 5) is 5.38. The van der Waals surface area contributed by atoms with Crippen LogP contribution in [0.3, 0.4) is 0 Å². The molecule has 3 rings (SSSR count). The number of hydrogen-bond donors (Lipinski definition) is 0. The van der Waals surface area contributed by atoms with E-state index >= 15 is 0 Å². The van der Waals surface area contributed by atoms with Gasteiger partial charge in [0.25, 0.3) is 0 Å². The van der Waals surface area contributed by atoms with Gasteiger partial charge in [-0.25, -0.2) is 4.98 Å². The van der Waals surface area contributed by atoms with Crippen LogP contribution in [0.2, 0.25) is 0 Å². The molecular weight excluding hydrogens is 347 g/mol. The van der Waals surface area contributed by atoms with Crippen molar-refractivity contribution < 1.29 is 17.9 Å². The summed E-state index contributed by atoms with van der Waals surface area (Å²) >= 11 is 1.42. The summed E-state index contributed by atoms with van der Waals surface area (Å²) in [7, 11) is 0. The summed E-state index contributed by atoms with van der Waals surface area (Å²) in [6.45, 7) is 4.15. The van der Waals surface area contributed by atoms with Gasteiger partial charge in [-0.2, -0.15) is 13.2 Å². The second-order valence-corrected chi connectivity index (χ2v) is 6.67. The smallest absolute Gasteiger partial charge is 0.416 e. The number of hydrogen-bond acceptors (Lipinski definition) is 3. The van der Waals surface area contributed by atoms with Gasteiger partial charge in [-0.15, -0.1) is 11.3 Å². The molecular formula is C19H15F3NOS. The molecule has 0 amide bonds. The summed E-state index contributed by atoms with van der Waals surface area (Å²) in [6.07, 6.45) is -4.33. The summed E-state index contributed by atoms with van der Waals surface area (Å²) in [5, 5.41) is 0.679. The van der Waals surface area contributed by atoms with Crippen LogP contribution in [0.25, 0.3) is 10.6 Å². The maximum atomic E-state index is 12.6. The van der Waals surface area contributed by atoms with E-state index in [1.54, 1.807) is 0 Å². The lowest BCUT2D eigenvalue weighted by Crippen LogP contribution is -2.03. The lowest BCUT2D eigenvalue weighted by Gasteiger charge is -2.06. The number of halogens is 3. The Kier molecular flexibility index (Phi) is 4.81. The molecule has 1 heterocycles. The van der Waals surface area contributed by atoms with Crippen molar-refractivity contribution in [2.45, 2.75) is 26.6 Å². The molecule has 0 saturated heterocycles. The number of ether oxygens (including phenoxy) is 1. The third-order valence-electron chi connectivity index (χ3n) is 3.62.